The molecule has 0 spiro atoms. The number of likely N-dealkylation sites (N-methyl/N-ethyl adjacent to an activating group) is 1. The Hall–Kier alpha value is -3.26. The summed E-state index contributed by atoms with van der Waals surface area (Å²) in [4.78, 5) is 38.1. The molecule has 2 atom stereocenters. The molecule has 0 bridgehead atoms. The maximum Gasteiger partial charge on any atom is 0.328 e. The Morgan fingerprint density at radius 3 is 2.58 bits per heavy atom. The first-order valence-corrected chi connectivity index (χ1v) is 10.4. The van der Waals surface area contributed by atoms with Crippen LogP contribution in [0, 0.1) is 0 Å². The molecule has 3 amide bonds. The molecule has 0 radical (unpaired) electrons. The van der Waals surface area contributed by atoms with Crippen LogP contribution in [-0.2, 0) is 11.3 Å². The molecular formula is C22H22ClN5O3. The van der Waals surface area contributed by atoms with E-state index in [2.05, 4.69) is 0 Å². The highest BCUT2D eigenvalue weighted by atomic mass is 35.5. The lowest BCUT2D eigenvalue weighted by Crippen LogP contribution is -2.64. The number of amides is 3. The van der Waals surface area contributed by atoms with Crippen LogP contribution in [0.5, 0.6) is 5.75 Å². The third-order valence-corrected chi connectivity index (χ3v) is 6.26. The fourth-order valence-corrected chi connectivity index (χ4v) is 4.56. The lowest BCUT2D eigenvalue weighted by atomic mass is 10.1. The SMILES string of the molecule is COc1ccccc1N1CCN2C1=NC1C2C(=O)N(Cc2ccc(Cl)cc2)C(=O)N1C. The van der Waals surface area contributed by atoms with Gasteiger partial charge in [-0.25, -0.2) is 9.79 Å². The maximum atomic E-state index is 13.4. The van der Waals surface area contributed by atoms with E-state index >= 15 is 0 Å². The van der Waals surface area contributed by atoms with E-state index in [0.717, 1.165) is 17.0 Å². The topological polar surface area (TPSA) is 68.7 Å². The van der Waals surface area contributed by atoms with Crippen LogP contribution in [0.2, 0.25) is 5.02 Å². The molecule has 2 fully saturated rings. The molecule has 0 aliphatic carbocycles. The molecule has 2 saturated heterocycles. The molecule has 5 rings (SSSR count). The number of halogens is 1. The van der Waals surface area contributed by atoms with Gasteiger partial charge in [-0.05, 0) is 29.8 Å². The second-order valence-electron chi connectivity index (χ2n) is 7.75. The monoisotopic (exact) mass is 439 g/mol. The zero-order chi connectivity index (χ0) is 21.7. The molecular weight excluding hydrogens is 418 g/mol. The standard InChI is InChI=1S/C22H22ClN5O3/c1-25-19-18(20(29)28(22(25)30)13-14-7-9-15(23)10-8-14)27-12-11-26(21(27)24-19)16-5-3-4-6-17(16)31-2/h3-10,18-19H,11-13H2,1-2H3. The van der Waals surface area contributed by atoms with Gasteiger partial charge in [-0.1, -0.05) is 35.9 Å². The Morgan fingerprint density at radius 1 is 1.10 bits per heavy atom. The first kappa shape index (κ1) is 19.7. The molecule has 2 aromatic carbocycles. The van der Waals surface area contributed by atoms with Crippen LogP contribution >= 0.6 is 11.6 Å². The molecule has 31 heavy (non-hydrogen) atoms. The minimum absolute atomic E-state index is 0.196. The van der Waals surface area contributed by atoms with Crippen LogP contribution in [0.3, 0.4) is 0 Å². The number of carbonyl (C=O) groups is 2. The van der Waals surface area contributed by atoms with Crippen LogP contribution in [0.15, 0.2) is 53.5 Å². The van der Waals surface area contributed by atoms with Crippen molar-refractivity contribution in [3.63, 3.8) is 0 Å². The first-order chi connectivity index (χ1) is 15.0. The molecule has 2 aromatic rings. The van der Waals surface area contributed by atoms with E-state index in [-0.39, 0.29) is 18.5 Å². The van der Waals surface area contributed by atoms with Crippen molar-refractivity contribution in [2.75, 3.05) is 32.1 Å². The van der Waals surface area contributed by atoms with Crippen LogP contribution in [0.1, 0.15) is 5.56 Å². The molecule has 2 unspecified atom stereocenters. The highest BCUT2D eigenvalue weighted by Gasteiger charge is 2.54. The number of methoxy groups -OCH3 is 1. The van der Waals surface area contributed by atoms with Crippen LogP contribution in [0.25, 0.3) is 0 Å². The number of carbonyl (C=O) groups excluding carboxylic acids is 2. The van der Waals surface area contributed by atoms with Gasteiger partial charge < -0.3 is 19.4 Å². The number of hydrogen-bond acceptors (Lipinski definition) is 6. The van der Waals surface area contributed by atoms with Crippen LogP contribution in [-0.4, -0.2) is 72.1 Å². The summed E-state index contributed by atoms with van der Waals surface area (Å²) in [5, 5.41) is 0.611. The molecule has 0 N–H and O–H groups in total. The van der Waals surface area contributed by atoms with Crippen molar-refractivity contribution in [2.24, 2.45) is 4.99 Å². The van der Waals surface area contributed by atoms with Crippen molar-refractivity contribution in [2.45, 2.75) is 18.8 Å². The number of urea groups is 1. The van der Waals surface area contributed by atoms with Gasteiger partial charge in [0.25, 0.3) is 5.91 Å². The summed E-state index contributed by atoms with van der Waals surface area (Å²) in [5.41, 5.74) is 1.73. The largest absolute Gasteiger partial charge is 0.495 e. The second kappa shape index (κ2) is 7.46. The van der Waals surface area contributed by atoms with Crippen molar-refractivity contribution in [3.05, 3.63) is 59.1 Å². The predicted molar refractivity (Wildman–Crippen MR) is 117 cm³/mol. The Labute approximate surface area is 185 Å². The van der Waals surface area contributed by atoms with Crippen molar-refractivity contribution >= 4 is 35.2 Å². The summed E-state index contributed by atoms with van der Waals surface area (Å²) in [6.45, 7) is 1.52. The number of ether oxygens (including phenoxy) is 1. The van der Waals surface area contributed by atoms with Crippen molar-refractivity contribution in [1.82, 2.24) is 14.7 Å². The number of aliphatic imine (C=N–C) groups is 1. The molecule has 160 valence electrons. The van der Waals surface area contributed by atoms with Crippen molar-refractivity contribution in [3.8, 4) is 5.75 Å². The van der Waals surface area contributed by atoms with E-state index in [4.69, 9.17) is 21.3 Å². The third-order valence-electron chi connectivity index (χ3n) is 6.01. The molecule has 8 nitrogen and oxygen atoms in total. The van der Waals surface area contributed by atoms with Gasteiger partial charge in [0.15, 0.2) is 12.2 Å². The smallest absolute Gasteiger partial charge is 0.328 e. The van der Waals surface area contributed by atoms with E-state index < -0.39 is 12.2 Å². The average molecular weight is 440 g/mol. The van der Waals surface area contributed by atoms with Gasteiger partial charge in [-0.15, -0.1) is 0 Å². The third kappa shape index (κ3) is 3.09. The summed E-state index contributed by atoms with van der Waals surface area (Å²) >= 11 is 5.96. The Kier molecular flexibility index (Phi) is 4.74. The van der Waals surface area contributed by atoms with Gasteiger partial charge in [0.2, 0.25) is 5.96 Å². The van der Waals surface area contributed by atoms with E-state index in [1.807, 2.05) is 46.2 Å². The summed E-state index contributed by atoms with van der Waals surface area (Å²) < 4.78 is 5.51. The van der Waals surface area contributed by atoms with Gasteiger partial charge >= 0.3 is 6.03 Å². The first-order valence-electron chi connectivity index (χ1n) is 10.1. The number of imide groups is 1. The molecule has 3 aliphatic rings. The molecule has 0 aromatic heterocycles. The van der Waals surface area contributed by atoms with Crippen molar-refractivity contribution < 1.29 is 14.3 Å². The lowest BCUT2D eigenvalue weighted by molar-refractivity contribution is -0.137. The number of para-hydroxylation sites is 2. The van der Waals surface area contributed by atoms with Crippen LogP contribution < -0.4 is 9.64 Å². The summed E-state index contributed by atoms with van der Waals surface area (Å²) in [6, 6.07) is 14.0. The fourth-order valence-electron chi connectivity index (χ4n) is 4.44. The number of fused-ring (bicyclic) bond motifs is 3. The molecule has 9 heteroatoms. The Bertz CT molecular complexity index is 1070. The van der Waals surface area contributed by atoms with E-state index in [1.165, 1.54) is 4.90 Å². The van der Waals surface area contributed by atoms with E-state index in [0.29, 0.717) is 24.1 Å². The number of anilines is 1. The maximum absolute atomic E-state index is 13.4. The van der Waals surface area contributed by atoms with E-state index in [9.17, 15) is 9.59 Å². The van der Waals surface area contributed by atoms with Gasteiger partial charge in [-0.2, -0.15) is 0 Å². The quantitative estimate of drug-likeness (QED) is 0.732. The normalized spacial score (nSPS) is 22.6. The minimum atomic E-state index is -0.547. The van der Waals surface area contributed by atoms with Crippen molar-refractivity contribution in [1.29, 1.82) is 0 Å². The lowest BCUT2D eigenvalue weighted by Gasteiger charge is -2.40. The number of rotatable bonds is 4. The summed E-state index contributed by atoms with van der Waals surface area (Å²) in [7, 11) is 3.33. The van der Waals surface area contributed by atoms with Gasteiger partial charge in [0.05, 0.1) is 19.3 Å². The summed E-state index contributed by atoms with van der Waals surface area (Å²) in [5.74, 6) is 1.20. The van der Waals surface area contributed by atoms with Gasteiger partial charge in [-0.3, -0.25) is 9.69 Å². The zero-order valence-corrected chi connectivity index (χ0v) is 18.0. The summed E-state index contributed by atoms with van der Waals surface area (Å²) in [6.07, 6.45) is -0.547. The molecule has 3 heterocycles. The fraction of sp³-hybridized carbons (Fsp3) is 0.318. The number of guanidine groups is 1. The minimum Gasteiger partial charge on any atom is -0.495 e. The second-order valence-corrected chi connectivity index (χ2v) is 8.19. The van der Waals surface area contributed by atoms with E-state index in [1.54, 1.807) is 31.2 Å². The number of benzene rings is 2. The molecule has 0 saturated carbocycles. The Morgan fingerprint density at radius 2 is 1.84 bits per heavy atom. The Balaban J connectivity index is 1.44. The number of hydrogen-bond donors (Lipinski definition) is 0. The van der Waals surface area contributed by atoms with Crippen LogP contribution in [0.4, 0.5) is 10.5 Å². The highest BCUT2D eigenvalue weighted by Crippen LogP contribution is 2.36. The average Bonchev–Trinajstić information content (AvgIpc) is 3.36. The van der Waals surface area contributed by atoms with Gasteiger partial charge in [0, 0.05) is 25.2 Å². The zero-order valence-electron chi connectivity index (χ0n) is 17.2. The van der Waals surface area contributed by atoms with Gasteiger partial charge in [0.1, 0.15) is 5.75 Å². The predicted octanol–water partition coefficient (Wildman–Crippen LogP) is 2.63. The highest BCUT2D eigenvalue weighted by molar-refractivity contribution is 6.30. The molecule has 3 aliphatic heterocycles. The number of nitrogens with zero attached hydrogens (tertiary/aromatic N) is 5.